The van der Waals surface area contributed by atoms with E-state index >= 15 is 0 Å². The fourth-order valence-electron chi connectivity index (χ4n) is 1.91. The summed E-state index contributed by atoms with van der Waals surface area (Å²) in [6.45, 7) is 1.93. The third kappa shape index (κ3) is 2.69. The van der Waals surface area contributed by atoms with Gasteiger partial charge in [0.25, 0.3) is 0 Å². The van der Waals surface area contributed by atoms with Crippen LogP contribution in [0, 0.1) is 12.7 Å². The summed E-state index contributed by atoms with van der Waals surface area (Å²) in [5.41, 5.74) is 2.39. The molecule has 96 valence electrons. The summed E-state index contributed by atoms with van der Waals surface area (Å²) in [4.78, 5) is 0. The molecular weight excluding hydrogens is 292 g/mol. The van der Waals surface area contributed by atoms with Crippen LogP contribution in [0.25, 0.3) is 0 Å². The van der Waals surface area contributed by atoms with E-state index < -0.39 is 0 Å². The van der Waals surface area contributed by atoms with Crippen LogP contribution < -0.4 is 5.32 Å². The van der Waals surface area contributed by atoms with Crippen LogP contribution >= 0.6 is 34.5 Å². The third-order valence-electron chi connectivity index (χ3n) is 2.75. The third-order valence-corrected chi connectivity index (χ3v) is 4.26. The van der Waals surface area contributed by atoms with Crippen LogP contribution in [0.5, 0.6) is 0 Å². The monoisotopic (exact) mass is 303 g/mol. The summed E-state index contributed by atoms with van der Waals surface area (Å²) in [7, 11) is 1.77. The lowest BCUT2D eigenvalue weighted by Crippen LogP contribution is -2.18. The number of benzene rings is 1. The van der Waals surface area contributed by atoms with Crippen LogP contribution in [0.1, 0.15) is 22.7 Å². The minimum absolute atomic E-state index is 0.252. The zero-order valence-corrected chi connectivity index (χ0v) is 12.3. The lowest BCUT2D eigenvalue weighted by atomic mass is 9.99. The summed E-state index contributed by atoms with van der Waals surface area (Å²) in [6.07, 6.45) is 0. The topological polar surface area (TPSA) is 12.0 Å². The largest absolute Gasteiger partial charge is 0.309 e. The Bertz CT molecular complexity index is 568. The molecule has 0 radical (unpaired) electrons. The number of aryl methyl sites for hydroxylation is 1. The van der Waals surface area contributed by atoms with E-state index in [0.717, 1.165) is 11.1 Å². The molecule has 2 aromatic rings. The van der Waals surface area contributed by atoms with Gasteiger partial charge in [-0.15, -0.1) is 11.3 Å². The second kappa shape index (κ2) is 5.57. The van der Waals surface area contributed by atoms with Gasteiger partial charge in [0.1, 0.15) is 5.82 Å². The minimum Gasteiger partial charge on any atom is -0.309 e. The van der Waals surface area contributed by atoms with Crippen molar-refractivity contribution in [3.63, 3.8) is 0 Å². The predicted molar refractivity (Wildman–Crippen MR) is 76.4 cm³/mol. The molecule has 0 spiro atoms. The normalized spacial score (nSPS) is 12.7. The molecule has 0 saturated heterocycles. The van der Waals surface area contributed by atoms with Gasteiger partial charge in [-0.05, 0) is 26.1 Å². The molecule has 1 aromatic carbocycles. The number of halogens is 3. The minimum atomic E-state index is -0.291. The van der Waals surface area contributed by atoms with E-state index in [9.17, 15) is 4.39 Å². The van der Waals surface area contributed by atoms with Gasteiger partial charge in [0.05, 0.1) is 14.7 Å². The molecule has 0 fully saturated rings. The molecule has 0 saturated carbocycles. The summed E-state index contributed by atoms with van der Waals surface area (Å²) in [6, 6.07) is 6.52. The Morgan fingerprint density at radius 1 is 1.22 bits per heavy atom. The maximum Gasteiger partial charge on any atom is 0.128 e. The van der Waals surface area contributed by atoms with E-state index in [-0.39, 0.29) is 11.9 Å². The number of hydrogen-bond donors (Lipinski definition) is 1. The second-order valence-electron chi connectivity index (χ2n) is 4.03. The molecule has 1 aromatic heterocycles. The van der Waals surface area contributed by atoms with Gasteiger partial charge in [0.15, 0.2) is 0 Å². The lowest BCUT2D eigenvalue weighted by molar-refractivity contribution is 0.576. The first-order chi connectivity index (χ1) is 8.52. The molecule has 1 nitrogen and oxygen atoms in total. The number of rotatable bonds is 3. The van der Waals surface area contributed by atoms with E-state index in [4.69, 9.17) is 23.2 Å². The zero-order valence-electron chi connectivity index (χ0n) is 9.93. The number of nitrogens with one attached hydrogen (secondary N) is 1. The maximum absolute atomic E-state index is 13.9. The smallest absolute Gasteiger partial charge is 0.128 e. The molecule has 5 heteroatoms. The molecule has 1 heterocycles. The van der Waals surface area contributed by atoms with Crippen molar-refractivity contribution in [2.45, 2.75) is 13.0 Å². The van der Waals surface area contributed by atoms with E-state index in [0.29, 0.717) is 14.2 Å². The van der Waals surface area contributed by atoms with Crippen LogP contribution in [0.2, 0.25) is 8.67 Å². The molecule has 18 heavy (non-hydrogen) atoms. The highest BCUT2D eigenvalue weighted by Crippen LogP contribution is 2.38. The Kier molecular flexibility index (Phi) is 4.28. The van der Waals surface area contributed by atoms with Gasteiger partial charge in [0, 0.05) is 11.1 Å². The Labute approximate surface area is 120 Å². The average molecular weight is 304 g/mol. The molecule has 1 atom stereocenters. The summed E-state index contributed by atoms with van der Waals surface area (Å²) in [5, 5.41) is 3.08. The summed E-state index contributed by atoms with van der Waals surface area (Å²) >= 11 is 13.4. The van der Waals surface area contributed by atoms with Crippen LogP contribution in [-0.2, 0) is 0 Å². The van der Waals surface area contributed by atoms with Crippen LogP contribution in [-0.4, -0.2) is 7.05 Å². The van der Waals surface area contributed by atoms with Crippen LogP contribution in [0.3, 0.4) is 0 Å². The number of hydrogen-bond acceptors (Lipinski definition) is 2. The van der Waals surface area contributed by atoms with Crippen molar-refractivity contribution < 1.29 is 4.39 Å². The lowest BCUT2D eigenvalue weighted by Gasteiger charge is -2.17. The van der Waals surface area contributed by atoms with Gasteiger partial charge < -0.3 is 5.32 Å². The first-order valence-corrected chi connectivity index (χ1v) is 6.98. The van der Waals surface area contributed by atoms with Crippen molar-refractivity contribution in [2.75, 3.05) is 7.05 Å². The van der Waals surface area contributed by atoms with Gasteiger partial charge >= 0.3 is 0 Å². The molecule has 0 aliphatic carbocycles. The molecule has 0 aliphatic rings. The zero-order chi connectivity index (χ0) is 13.3. The van der Waals surface area contributed by atoms with Gasteiger partial charge in [-0.25, -0.2) is 4.39 Å². The fourth-order valence-corrected chi connectivity index (χ4v) is 3.44. The first-order valence-electron chi connectivity index (χ1n) is 5.41. The van der Waals surface area contributed by atoms with Crippen molar-refractivity contribution in [2.24, 2.45) is 0 Å². The predicted octanol–water partition coefficient (Wildman–Crippen LogP) is 4.81. The highest BCUT2D eigenvalue weighted by atomic mass is 35.5. The van der Waals surface area contributed by atoms with Crippen molar-refractivity contribution in [3.8, 4) is 0 Å². The average Bonchev–Trinajstić information content (AvgIpc) is 2.64. The SMILES string of the molecule is CNC(c1cc(C)ccc1F)c1cc(Cl)sc1Cl. The Morgan fingerprint density at radius 3 is 2.50 bits per heavy atom. The van der Waals surface area contributed by atoms with Crippen LogP contribution in [0.4, 0.5) is 4.39 Å². The van der Waals surface area contributed by atoms with Gasteiger partial charge in [-0.3, -0.25) is 0 Å². The molecule has 2 rings (SSSR count). The van der Waals surface area contributed by atoms with Crippen molar-refractivity contribution in [1.29, 1.82) is 0 Å². The maximum atomic E-state index is 13.9. The van der Waals surface area contributed by atoms with E-state index in [2.05, 4.69) is 5.32 Å². The molecule has 0 aliphatic heterocycles. The summed E-state index contributed by atoms with van der Waals surface area (Å²) in [5.74, 6) is -0.252. The molecule has 1 N–H and O–H groups in total. The summed E-state index contributed by atoms with van der Waals surface area (Å²) < 4.78 is 15.1. The Balaban J connectivity index is 2.51. The quantitative estimate of drug-likeness (QED) is 0.858. The molecule has 0 bridgehead atoms. The van der Waals surface area contributed by atoms with Crippen molar-refractivity contribution in [1.82, 2.24) is 5.32 Å². The van der Waals surface area contributed by atoms with E-state index in [1.165, 1.54) is 17.4 Å². The van der Waals surface area contributed by atoms with Gasteiger partial charge in [-0.2, -0.15) is 0 Å². The molecule has 0 amide bonds. The van der Waals surface area contributed by atoms with E-state index in [1.807, 2.05) is 13.0 Å². The highest BCUT2D eigenvalue weighted by molar-refractivity contribution is 7.20. The van der Waals surface area contributed by atoms with Gasteiger partial charge in [-0.1, -0.05) is 40.9 Å². The van der Waals surface area contributed by atoms with Crippen LogP contribution in [0.15, 0.2) is 24.3 Å². The molecular formula is C13H12Cl2FNS. The standard InChI is InChI=1S/C13H12Cl2FNS/c1-7-3-4-10(16)8(5-7)12(17-2)9-6-11(14)18-13(9)15/h3-6,12,17H,1-2H3. The first kappa shape index (κ1) is 13.8. The Hall–Kier alpha value is -0.610. The van der Waals surface area contributed by atoms with Crippen molar-refractivity contribution in [3.05, 3.63) is 55.4 Å². The van der Waals surface area contributed by atoms with Crippen molar-refractivity contribution >= 4 is 34.5 Å². The highest BCUT2D eigenvalue weighted by Gasteiger charge is 2.20. The fraction of sp³-hybridized carbons (Fsp3) is 0.231. The number of thiophene rings is 1. The second-order valence-corrected chi connectivity index (χ2v) is 6.31. The van der Waals surface area contributed by atoms with Gasteiger partial charge in [0.2, 0.25) is 0 Å². The Morgan fingerprint density at radius 2 is 1.94 bits per heavy atom. The van der Waals surface area contributed by atoms with E-state index in [1.54, 1.807) is 19.2 Å². The molecule has 1 unspecified atom stereocenters.